The summed E-state index contributed by atoms with van der Waals surface area (Å²) in [4.78, 5) is 11.0. The van der Waals surface area contributed by atoms with Crippen LogP contribution in [-0.2, 0) is 4.79 Å². The number of aryl methyl sites for hydroxylation is 1. The summed E-state index contributed by atoms with van der Waals surface area (Å²) in [6.45, 7) is 5.57. The summed E-state index contributed by atoms with van der Waals surface area (Å²) in [5, 5.41) is 11.7. The molecule has 86 valence electrons. The number of rotatable bonds is 5. The molecule has 0 aliphatic rings. The molecule has 1 aromatic carbocycles. The molecular formula is C12H14FNO2. The zero-order valence-corrected chi connectivity index (χ0v) is 9.03. The lowest BCUT2D eigenvalue weighted by molar-refractivity contribution is -0.139. The van der Waals surface area contributed by atoms with Gasteiger partial charge in [-0.25, -0.2) is 4.39 Å². The van der Waals surface area contributed by atoms with E-state index in [0.29, 0.717) is 6.54 Å². The lowest BCUT2D eigenvalue weighted by Gasteiger charge is -2.14. The predicted molar refractivity (Wildman–Crippen MR) is 59.7 cm³/mol. The second kappa shape index (κ2) is 5.42. The molecular weight excluding hydrogens is 209 g/mol. The maximum Gasteiger partial charge on any atom is 0.325 e. The molecule has 0 aliphatic carbocycles. The van der Waals surface area contributed by atoms with Gasteiger partial charge in [0.2, 0.25) is 0 Å². The average molecular weight is 223 g/mol. The molecule has 1 rings (SSSR count). The van der Waals surface area contributed by atoms with E-state index < -0.39 is 17.8 Å². The van der Waals surface area contributed by atoms with Gasteiger partial charge in [0.05, 0.1) is 0 Å². The fourth-order valence-electron chi connectivity index (χ4n) is 1.42. The molecule has 4 heteroatoms. The second-order valence-corrected chi connectivity index (χ2v) is 3.49. The topological polar surface area (TPSA) is 49.3 Å². The van der Waals surface area contributed by atoms with E-state index in [9.17, 15) is 9.18 Å². The first-order valence-electron chi connectivity index (χ1n) is 4.89. The summed E-state index contributed by atoms with van der Waals surface area (Å²) in [7, 11) is 0. The van der Waals surface area contributed by atoms with E-state index in [0.717, 1.165) is 5.56 Å². The van der Waals surface area contributed by atoms with Crippen molar-refractivity contribution in [1.29, 1.82) is 0 Å². The van der Waals surface area contributed by atoms with E-state index >= 15 is 0 Å². The lowest BCUT2D eigenvalue weighted by atomic mass is 10.0. The molecule has 0 fully saturated rings. The summed E-state index contributed by atoms with van der Waals surface area (Å²) in [6, 6.07) is 3.36. The maximum atomic E-state index is 13.5. The van der Waals surface area contributed by atoms with Gasteiger partial charge in [-0.1, -0.05) is 23.8 Å². The number of halogens is 1. The van der Waals surface area contributed by atoms with Gasteiger partial charge in [0, 0.05) is 12.1 Å². The van der Waals surface area contributed by atoms with Crippen molar-refractivity contribution in [2.45, 2.75) is 13.0 Å². The van der Waals surface area contributed by atoms with Crippen LogP contribution in [0, 0.1) is 12.7 Å². The van der Waals surface area contributed by atoms with E-state index in [-0.39, 0.29) is 5.56 Å². The van der Waals surface area contributed by atoms with Gasteiger partial charge >= 0.3 is 5.97 Å². The van der Waals surface area contributed by atoms with Crippen LogP contribution in [0.2, 0.25) is 0 Å². The fraction of sp³-hybridized carbons (Fsp3) is 0.250. The monoisotopic (exact) mass is 223 g/mol. The Morgan fingerprint density at radius 3 is 2.94 bits per heavy atom. The van der Waals surface area contributed by atoms with Gasteiger partial charge in [-0.15, -0.1) is 6.58 Å². The number of hydrogen-bond acceptors (Lipinski definition) is 2. The Hall–Kier alpha value is -1.68. The Bertz CT molecular complexity index is 404. The molecule has 0 aromatic heterocycles. The predicted octanol–water partition coefficient (Wildman–Crippen LogP) is 2.04. The van der Waals surface area contributed by atoms with Crippen molar-refractivity contribution in [3.8, 4) is 0 Å². The molecule has 0 bridgehead atoms. The van der Waals surface area contributed by atoms with Crippen LogP contribution in [0.1, 0.15) is 17.2 Å². The number of nitrogens with one attached hydrogen (secondary N) is 1. The normalized spacial score (nSPS) is 12.1. The van der Waals surface area contributed by atoms with Crippen molar-refractivity contribution < 1.29 is 14.3 Å². The molecule has 0 heterocycles. The molecule has 1 atom stereocenters. The van der Waals surface area contributed by atoms with Gasteiger partial charge < -0.3 is 5.11 Å². The lowest BCUT2D eigenvalue weighted by Crippen LogP contribution is -2.29. The summed E-state index contributed by atoms with van der Waals surface area (Å²) >= 11 is 0. The zero-order chi connectivity index (χ0) is 12.1. The van der Waals surface area contributed by atoms with Gasteiger partial charge in [-0.3, -0.25) is 10.1 Å². The molecule has 1 aromatic rings. The van der Waals surface area contributed by atoms with E-state index in [4.69, 9.17) is 5.11 Å². The van der Waals surface area contributed by atoms with Crippen LogP contribution < -0.4 is 5.32 Å². The largest absolute Gasteiger partial charge is 0.480 e. The summed E-state index contributed by atoms with van der Waals surface area (Å²) in [5.41, 5.74) is 0.970. The molecule has 0 radical (unpaired) electrons. The van der Waals surface area contributed by atoms with Crippen LogP contribution >= 0.6 is 0 Å². The zero-order valence-electron chi connectivity index (χ0n) is 9.03. The Labute approximate surface area is 93.6 Å². The van der Waals surface area contributed by atoms with Crippen LogP contribution in [-0.4, -0.2) is 17.6 Å². The quantitative estimate of drug-likeness (QED) is 0.751. The molecule has 0 saturated carbocycles. The fourth-order valence-corrected chi connectivity index (χ4v) is 1.42. The van der Waals surface area contributed by atoms with Crippen molar-refractivity contribution in [1.82, 2.24) is 5.32 Å². The Kier molecular flexibility index (Phi) is 4.19. The third kappa shape index (κ3) is 2.90. The Balaban J connectivity index is 3.04. The molecule has 0 aliphatic heterocycles. The molecule has 0 amide bonds. The van der Waals surface area contributed by atoms with Crippen LogP contribution in [0.3, 0.4) is 0 Å². The van der Waals surface area contributed by atoms with Gasteiger partial charge in [-0.05, 0) is 13.0 Å². The van der Waals surface area contributed by atoms with E-state index in [1.165, 1.54) is 18.2 Å². The number of carboxylic acids is 1. The first-order valence-corrected chi connectivity index (χ1v) is 4.89. The van der Waals surface area contributed by atoms with Crippen molar-refractivity contribution in [2.75, 3.05) is 6.54 Å². The van der Waals surface area contributed by atoms with Gasteiger partial charge in [-0.2, -0.15) is 0 Å². The number of aliphatic carboxylic acids is 1. The molecule has 1 unspecified atom stereocenters. The third-order valence-corrected chi connectivity index (χ3v) is 2.18. The number of benzene rings is 1. The summed E-state index contributed by atoms with van der Waals surface area (Å²) < 4.78 is 13.5. The molecule has 16 heavy (non-hydrogen) atoms. The molecule has 0 spiro atoms. The summed E-state index contributed by atoms with van der Waals surface area (Å²) in [5.74, 6) is -1.62. The SMILES string of the molecule is C=CCNC(C(=O)O)c1cc(C)ccc1F. The van der Waals surface area contributed by atoms with Crippen molar-refractivity contribution in [3.63, 3.8) is 0 Å². The van der Waals surface area contributed by atoms with Gasteiger partial charge in [0.25, 0.3) is 0 Å². The van der Waals surface area contributed by atoms with Crippen LogP contribution in [0.25, 0.3) is 0 Å². The van der Waals surface area contributed by atoms with Gasteiger partial charge in [0.1, 0.15) is 11.9 Å². The average Bonchev–Trinajstić information content (AvgIpc) is 2.23. The smallest absolute Gasteiger partial charge is 0.325 e. The minimum atomic E-state index is -1.11. The molecule has 3 nitrogen and oxygen atoms in total. The minimum Gasteiger partial charge on any atom is -0.480 e. The van der Waals surface area contributed by atoms with Crippen molar-refractivity contribution >= 4 is 5.97 Å². The first-order chi connectivity index (χ1) is 7.56. The van der Waals surface area contributed by atoms with Crippen LogP contribution in [0.5, 0.6) is 0 Å². The second-order valence-electron chi connectivity index (χ2n) is 3.49. The van der Waals surface area contributed by atoms with E-state index in [2.05, 4.69) is 11.9 Å². The molecule has 2 N–H and O–H groups in total. The highest BCUT2D eigenvalue weighted by molar-refractivity contribution is 5.75. The first kappa shape index (κ1) is 12.4. The third-order valence-electron chi connectivity index (χ3n) is 2.18. The number of carbonyl (C=O) groups is 1. The number of hydrogen-bond donors (Lipinski definition) is 2. The molecule has 0 saturated heterocycles. The highest BCUT2D eigenvalue weighted by Crippen LogP contribution is 2.18. The maximum absolute atomic E-state index is 13.5. The Morgan fingerprint density at radius 2 is 2.38 bits per heavy atom. The van der Waals surface area contributed by atoms with Crippen LogP contribution in [0.15, 0.2) is 30.9 Å². The number of carboxylic acid groups (broad SMARTS) is 1. The Morgan fingerprint density at radius 1 is 1.69 bits per heavy atom. The van der Waals surface area contributed by atoms with E-state index in [1.54, 1.807) is 13.0 Å². The van der Waals surface area contributed by atoms with Crippen molar-refractivity contribution in [2.24, 2.45) is 0 Å². The van der Waals surface area contributed by atoms with Crippen molar-refractivity contribution in [3.05, 3.63) is 47.8 Å². The standard InChI is InChI=1S/C12H14FNO2/c1-3-6-14-11(12(15)16)9-7-8(2)4-5-10(9)13/h3-5,7,11,14H,1,6H2,2H3,(H,15,16). The van der Waals surface area contributed by atoms with E-state index in [1.807, 2.05) is 0 Å². The van der Waals surface area contributed by atoms with Gasteiger partial charge in [0.15, 0.2) is 0 Å². The van der Waals surface area contributed by atoms with Crippen LogP contribution in [0.4, 0.5) is 4.39 Å². The summed E-state index contributed by atoms with van der Waals surface area (Å²) in [6.07, 6.45) is 1.53. The highest BCUT2D eigenvalue weighted by Gasteiger charge is 2.21. The minimum absolute atomic E-state index is 0.148. The highest BCUT2D eigenvalue weighted by atomic mass is 19.1.